The highest BCUT2D eigenvalue weighted by Gasteiger charge is 2.45. The number of alkyl halides is 3. The van der Waals surface area contributed by atoms with E-state index in [1.54, 1.807) is 19.1 Å². The maximum atomic E-state index is 12.4. The van der Waals surface area contributed by atoms with Crippen LogP contribution in [0.3, 0.4) is 0 Å². The van der Waals surface area contributed by atoms with E-state index in [2.05, 4.69) is 0 Å². The molecule has 1 atom stereocenters. The minimum atomic E-state index is -4.82. The summed E-state index contributed by atoms with van der Waals surface area (Å²) in [6, 6.07) is 4.96. The van der Waals surface area contributed by atoms with Gasteiger partial charge in [-0.1, -0.05) is 17.7 Å². The third-order valence-electron chi connectivity index (χ3n) is 2.43. The third-order valence-corrected chi connectivity index (χ3v) is 2.43. The molecule has 0 saturated heterocycles. The molecule has 18 heavy (non-hydrogen) atoms. The summed E-state index contributed by atoms with van der Waals surface area (Å²) in [4.78, 5) is 10.5. The summed E-state index contributed by atoms with van der Waals surface area (Å²) < 4.78 is 42.1. The molecule has 1 unspecified atom stereocenters. The Kier molecular flexibility index (Phi) is 4.21. The number of halogens is 3. The van der Waals surface area contributed by atoms with Crippen LogP contribution in [-0.2, 0) is 4.79 Å². The van der Waals surface area contributed by atoms with Gasteiger partial charge >= 0.3 is 12.1 Å². The SMILES string of the molecule is Cc1ccc(OCC(C(=O)O)C(F)(F)F)c(C)c1. The molecule has 1 N–H and O–H groups in total. The number of hydrogen-bond donors (Lipinski definition) is 1. The lowest BCUT2D eigenvalue weighted by Crippen LogP contribution is -2.35. The Bertz CT molecular complexity index is 441. The molecule has 0 radical (unpaired) electrons. The van der Waals surface area contributed by atoms with E-state index in [9.17, 15) is 18.0 Å². The molecule has 0 aliphatic heterocycles. The molecule has 0 aliphatic carbocycles. The highest BCUT2D eigenvalue weighted by atomic mass is 19.4. The van der Waals surface area contributed by atoms with Crippen LogP contribution in [0, 0.1) is 19.8 Å². The van der Waals surface area contributed by atoms with Crippen molar-refractivity contribution in [2.24, 2.45) is 5.92 Å². The van der Waals surface area contributed by atoms with Crippen LogP contribution in [0.15, 0.2) is 18.2 Å². The molecule has 0 saturated carbocycles. The number of aliphatic carboxylic acids is 1. The van der Waals surface area contributed by atoms with Gasteiger partial charge in [0, 0.05) is 0 Å². The van der Waals surface area contributed by atoms with Crippen LogP contribution in [0.25, 0.3) is 0 Å². The Morgan fingerprint density at radius 1 is 1.39 bits per heavy atom. The van der Waals surface area contributed by atoms with Crippen LogP contribution >= 0.6 is 0 Å². The van der Waals surface area contributed by atoms with Crippen LogP contribution in [0.4, 0.5) is 13.2 Å². The smallest absolute Gasteiger partial charge is 0.405 e. The van der Waals surface area contributed by atoms with E-state index in [-0.39, 0.29) is 5.75 Å². The lowest BCUT2D eigenvalue weighted by Gasteiger charge is -2.17. The molecule has 1 aromatic carbocycles. The highest BCUT2D eigenvalue weighted by molar-refractivity contribution is 5.71. The summed E-state index contributed by atoms with van der Waals surface area (Å²) in [5, 5.41) is 8.50. The van der Waals surface area contributed by atoms with E-state index < -0.39 is 24.7 Å². The average molecular weight is 262 g/mol. The Hall–Kier alpha value is -1.72. The van der Waals surface area contributed by atoms with Crippen molar-refractivity contribution in [2.45, 2.75) is 20.0 Å². The Morgan fingerprint density at radius 3 is 2.44 bits per heavy atom. The predicted octanol–water partition coefficient (Wildman–Crippen LogP) is 2.95. The van der Waals surface area contributed by atoms with Crippen molar-refractivity contribution < 1.29 is 27.8 Å². The molecule has 0 bridgehead atoms. The Morgan fingerprint density at radius 2 is 2.00 bits per heavy atom. The van der Waals surface area contributed by atoms with Crippen LogP contribution < -0.4 is 4.74 Å². The van der Waals surface area contributed by atoms with Crippen LogP contribution in [0.1, 0.15) is 11.1 Å². The minimum Gasteiger partial charge on any atom is -0.492 e. The first-order valence-electron chi connectivity index (χ1n) is 5.21. The average Bonchev–Trinajstić information content (AvgIpc) is 2.18. The molecule has 3 nitrogen and oxygen atoms in total. The lowest BCUT2D eigenvalue weighted by molar-refractivity contribution is -0.198. The first kappa shape index (κ1) is 14.3. The van der Waals surface area contributed by atoms with Gasteiger partial charge in [0.1, 0.15) is 12.4 Å². The van der Waals surface area contributed by atoms with Crippen molar-refractivity contribution in [3.05, 3.63) is 29.3 Å². The molecule has 1 rings (SSSR count). The monoisotopic (exact) mass is 262 g/mol. The largest absolute Gasteiger partial charge is 0.492 e. The van der Waals surface area contributed by atoms with E-state index in [4.69, 9.17) is 9.84 Å². The molecule has 100 valence electrons. The van der Waals surface area contributed by atoms with E-state index in [1.165, 1.54) is 6.07 Å². The highest BCUT2D eigenvalue weighted by Crippen LogP contribution is 2.28. The van der Waals surface area contributed by atoms with Crippen molar-refractivity contribution in [3.63, 3.8) is 0 Å². The lowest BCUT2D eigenvalue weighted by atomic mass is 10.1. The summed E-state index contributed by atoms with van der Waals surface area (Å²) in [5.41, 5.74) is 1.62. The van der Waals surface area contributed by atoms with E-state index in [0.717, 1.165) is 5.56 Å². The second kappa shape index (κ2) is 5.29. The Labute approximate surface area is 102 Å². The van der Waals surface area contributed by atoms with Crippen molar-refractivity contribution in [2.75, 3.05) is 6.61 Å². The van der Waals surface area contributed by atoms with Gasteiger partial charge in [0.25, 0.3) is 0 Å². The molecular weight excluding hydrogens is 249 g/mol. The number of ether oxygens (including phenoxy) is 1. The maximum absolute atomic E-state index is 12.4. The van der Waals surface area contributed by atoms with Crippen molar-refractivity contribution in [3.8, 4) is 5.75 Å². The van der Waals surface area contributed by atoms with E-state index in [0.29, 0.717) is 5.56 Å². The van der Waals surface area contributed by atoms with Gasteiger partial charge in [0.05, 0.1) is 0 Å². The first-order chi connectivity index (χ1) is 8.21. The van der Waals surface area contributed by atoms with Gasteiger partial charge in [-0.2, -0.15) is 13.2 Å². The molecule has 0 spiro atoms. The zero-order valence-corrected chi connectivity index (χ0v) is 9.91. The van der Waals surface area contributed by atoms with Gasteiger partial charge in [0.15, 0.2) is 5.92 Å². The first-order valence-corrected chi connectivity index (χ1v) is 5.21. The van der Waals surface area contributed by atoms with Crippen molar-refractivity contribution in [1.29, 1.82) is 0 Å². The zero-order chi connectivity index (χ0) is 13.9. The summed E-state index contributed by atoms with van der Waals surface area (Å²) in [7, 11) is 0. The van der Waals surface area contributed by atoms with Gasteiger partial charge in [-0.25, -0.2) is 0 Å². The molecular formula is C12H13F3O3. The van der Waals surface area contributed by atoms with Crippen molar-refractivity contribution in [1.82, 2.24) is 0 Å². The van der Waals surface area contributed by atoms with E-state index >= 15 is 0 Å². The van der Waals surface area contributed by atoms with Gasteiger partial charge in [-0.3, -0.25) is 4.79 Å². The second-order valence-corrected chi connectivity index (χ2v) is 4.01. The summed E-state index contributed by atoms with van der Waals surface area (Å²) in [6.45, 7) is 2.60. The fraction of sp³-hybridized carbons (Fsp3) is 0.417. The number of rotatable bonds is 4. The maximum Gasteiger partial charge on any atom is 0.405 e. The van der Waals surface area contributed by atoms with Crippen LogP contribution in [0.2, 0.25) is 0 Å². The normalized spacial score (nSPS) is 13.2. The van der Waals surface area contributed by atoms with Crippen molar-refractivity contribution >= 4 is 5.97 Å². The quantitative estimate of drug-likeness (QED) is 0.907. The molecule has 0 aliphatic rings. The molecule has 0 amide bonds. The number of carboxylic acids is 1. The van der Waals surface area contributed by atoms with Gasteiger partial charge in [0.2, 0.25) is 0 Å². The summed E-state index contributed by atoms with van der Waals surface area (Å²) in [6.07, 6.45) is -4.82. The number of aryl methyl sites for hydroxylation is 2. The van der Waals surface area contributed by atoms with Crippen LogP contribution in [0.5, 0.6) is 5.75 Å². The second-order valence-electron chi connectivity index (χ2n) is 4.01. The fourth-order valence-electron chi connectivity index (χ4n) is 1.44. The number of benzene rings is 1. The van der Waals surface area contributed by atoms with Gasteiger partial charge < -0.3 is 9.84 Å². The molecule has 6 heteroatoms. The standard InChI is InChI=1S/C12H13F3O3/c1-7-3-4-10(8(2)5-7)18-6-9(11(16)17)12(13,14)15/h3-5,9H,6H2,1-2H3,(H,16,17). The molecule has 1 aromatic rings. The summed E-state index contributed by atoms with van der Waals surface area (Å²) >= 11 is 0. The zero-order valence-electron chi connectivity index (χ0n) is 9.91. The minimum absolute atomic E-state index is 0.260. The van der Waals surface area contributed by atoms with E-state index in [1.807, 2.05) is 6.92 Å². The molecule has 0 aromatic heterocycles. The summed E-state index contributed by atoms with van der Waals surface area (Å²) in [5.74, 6) is -4.19. The number of hydrogen-bond acceptors (Lipinski definition) is 2. The molecule has 0 heterocycles. The predicted molar refractivity (Wildman–Crippen MR) is 58.6 cm³/mol. The fourth-order valence-corrected chi connectivity index (χ4v) is 1.44. The van der Waals surface area contributed by atoms with Gasteiger partial charge in [-0.15, -0.1) is 0 Å². The Balaban J connectivity index is 2.77. The number of carbonyl (C=O) groups is 1. The van der Waals surface area contributed by atoms with Gasteiger partial charge in [-0.05, 0) is 25.5 Å². The van der Waals surface area contributed by atoms with Crippen LogP contribution in [-0.4, -0.2) is 23.9 Å². The molecule has 0 fully saturated rings. The number of carboxylic acid groups (broad SMARTS) is 1. The topological polar surface area (TPSA) is 46.5 Å². The third kappa shape index (κ3) is 3.65.